The maximum Gasteiger partial charge on any atom is 0.119 e. The second-order valence-electron chi connectivity index (χ2n) is 13.5. The van der Waals surface area contributed by atoms with Crippen molar-refractivity contribution in [3.05, 3.63) is 191 Å². The molecule has 6 nitrogen and oxygen atoms in total. The Hall–Kier alpha value is -7.54. The zero-order valence-electron chi connectivity index (χ0n) is 33.5. The van der Waals surface area contributed by atoms with E-state index >= 15 is 0 Å². The number of nitrogens with zero attached hydrogens (tertiary/aromatic N) is 2. The number of benzene rings is 7. The molecule has 0 saturated carbocycles. The van der Waals surface area contributed by atoms with Crippen molar-refractivity contribution < 1.29 is 18.9 Å². The van der Waals surface area contributed by atoms with Gasteiger partial charge in [0.25, 0.3) is 0 Å². The zero-order valence-corrected chi connectivity index (χ0v) is 33.5. The monoisotopic (exact) mass is 760 g/mol. The maximum atomic E-state index is 5.40. The Labute approximate surface area is 341 Å². The van der Waals surface area contributed by atoms with Crippen molar-refractivity contribution in [3.8, 4) is 46.7 Å². The maximum absolute atomic E-state index is 5.40. The summed E-state index contributed by atoms with van der Waals surface area (Å²) in [7, 11) is 6.69. The van der Waals surface area contributed by atoms with E-state index in [0.717, 1.165) is 90.5 Å². The van der Waals surface area contributed by atoms with Crippen LogP contribution in [0.2, 0.25) is 0 Å². The minimum Gasteiger partial charge on any atom is -0.497 e. The van der Waals surface area contributed by atoms with Crippen LogP contribution in [0.25, 0.3) is 0 Å². The second-order valence-corrected chi connectivity index (χ2v) is 13.5. The molecule has 0 unspecified atom stereocenters. The highest BCUT2D eigenvalue weighted by Crippen LogP contribution is 2.38. The summed E-state index contributed by atoms with van der Waals surface area (Å²) in [6.07, 6.45) is 0. The first kappa shape index (κ1) is 38.7. The molecule has 0 N–H and O–H groups in total. The fourth-order valence-electron chi connectivity index (χ4n) is 6.57. The molecule has 58 heavy (non-hydrogen) atoms. The van der Waals surface area contributed by atoms with Gasteiger partial charge in [0.2, 0.25) is 0 Å². The Morgan fingerprint density at radius 3 is 0.759 bits per heavy atom. The lowest BCUT2D eigenvalue weighted by Crippen LogP contribution is -2.09. The standard InChI is InChI=1S/C52H44N2O4/c1-37-35-42(14-8-40-11-17-44(18-12-40)54(47-23-31-51(57-5)32-24-47)48-25-33-52(58-6)34-26-48)38(2)36-41(37)13-7-39-9-15-43(16-10-39)53(45-19-27-49(55-3)28-20-45)46-21-29-50(56-4)30-22-46/h9-12,15-36H,1-6H3. The van der Waals surface area contributed by atoms with Crippen molar-refractivity contribution in [2.45, 2.75) is 13.8 Å². The molecule has 0 heterocycles. The number of hydrogen-bond donors (Lipinski definition) is 0. The van der Waals surface area contributed by atoms with Gasteiger partial charge in [-0.2, -0.15) is 0 Å². The summed E-state index contributed by atoms with van der Waals surface area (Å²) in [5, 5.41) is 0. The Kier molecular flexibility index (Phi) is 12.0. The molecule has 0 radical (unpaired) electrons. The molecular weight excluding hydrogens is 717 g/mol. The molecule has 0 bridgehead atoms. The van der Waals surface area contributed by atoms with E-state index in [9.17, 15) is 0 Å². The Bertz CT molecular complexity index is 2310. The van der Waals surface area contributed by atoms with Gasteiger partial charge in [0, 0.05) is 56.4 Å². The summed E-state index contributed by atoms with van der Waals surface area (Å²) in [6, 6.07) is 53.0. The lowest BCUT2D eigenvalue weighted by Gasteiger charge is -2.25. The molecule has 286 valence electrons. The smallest absolute Gasteiger partial charge is 0.119 e. The van der Waals surface area contributed by atoms with E-state index in [4.69, 9.17) is 18.9 Å². The van der Waals surface area contributed by atoms with Crippen molar-refractivity contribution in [3.63, 3.8) is 0 Å². The molecule has 0 aromatic heterocycles. The molecule has 7 aromatic carbocycles. The number of aryl methyl sites for hydroxylation is 2. The largest absolute Gasteiger partial charge is 0.497 e. The van der Waals surface area contributed by atoms with E-state index in [1.165, 1.54) is 0 Å². The molecule has 0 atom stereocenters. The third-order valence-corrected chi connectivity index (χ3v) is 9.83. The zero-order chi connectivity index (χ0) is 40.4. The minimum absolute atomic E-state index is 0.805. The van der Waals surface area contributed by atoms with Gasteiger partial charge in [0.1, 0.15) is 23.0 Å². The summed E-state index contributed by atoms with van der Waals surface area (Å²) in [5.74, 6) is 16.8. The van der Waals surface area contributed by atoms with Crippen molar-refractivity contribution in [1.29, 1.82) is 0 Å². The highest BCUT2D eigenvalue weighted by Gasteiger charge is 2.15. The molecule has 0 spiro atoms. The quantitative estimate of drug-likeness (QED) is 0.129. The van der Waals surface area contributed by atoms with Crippen LogP contribution < -0.4 is 28.7 Å². The van der Waals surface area contributed by atoms with Gasteiger partial charge < -0.3 is 28.7 Å². The Morgan fingerprint density at radius 2 is 0.534 bits per heavy atom. The molecule has 6 heteroatoms. The molecular formula is C52H44N2O4. The van der Waals surface area contributed by atoms with Crippen molar-refractivity contribution in [2.75, 3.05) is 38.2 Å². The lowest BCUT2D eigenvalue weighted by atomic mass is 9.99. The van der Waals surface area contributed by atoms with Gasteiger partial charge in [-0.3, -0.25) is 0 Å². The summed E-state index contributed by atoms with van der Waals surface area (Å²) < 4.78 is 21.6. The average Bonchev–Trinajstić information content (AvgIpc) is 3.28. The molecule has 0 aliphatic carbocycles. The molecule has 7 aromatic rings. The molecule has 0 aliphatic heterocycles. The van der Waals surface area contributed by atoms with Gasteiger partial charge in [-0.1, -0.05) is 23.7 Å². The number of ether oxygens (including phenoxy) is 4. The SMILES string of the molecule is COc1ccc(N(c2ccc(C#Cc3cc(C)c(C#Cc4ccc(N(c5ccc(OC)cc5)c5ccc(OC)cc5)cc4)cc3C)cc2)c2ccc(OC)cc2)cc1. The van der Waals surface area contributed by atoms with E-state index < -0.39 is 0 Å². The van der Waals surface area contributed by atoms with E-state index in [0.29, 0.717) is 0 Å². The van der Waals surface area contributed by atoms with Gasteiger partial charge >= 0.3 is 0 Å². The van der Waals surface area contributed by atoms with Gasteiger partial charge in [0.05, 0.1) is 28.4 Å². The topological polar surface area (TPSA) is 43.4 Å². The van der Waals surface area contributed by atoms with Crippen molar-refractivity contribution in [2.24, 2.45) is 0 Å². The van der Waals surface area contributed by atoms with Crippen LogP contribution in [0, 0.1) is 37.5 Å². The fourth-order valence-corrected chi connectivity index (χ4v) is 6.57. The third-order valence-electron chi connectivity index (χ3n) is 9.83. The number of hydrogen-bond acceptors (Lipinski definition) is 6. The van der Waals surface area contributed by atoms with Gasteiger partial charge in [-0.15, -0.1) is 0 Å². The first-order valence-electron chi connectivity index (χ1n) is 18.9. The molecule has 7 rings (SSSR count). The van der Waals surface area contributed by atoms with Gasteiger partial charge in [-0.25, -0.2) is 0 Å². The van der Waals surface area contributed by atoms with Crippen LogP contribution in [0.1, 0.15) is 33.4 Å². The van der Waals surface area contributed by atoms with Gasteiger partial charge in [0.15, 0.2) is 0 Å². The van der Waals surface area contributed by atoms with Crippen LogP contribution in [-0.4, -0.2) is 28.4 Å². The van der Waals surface area contributed by atoms with E-state index in [2.05, 4.69) is 157 Å². The normalized spacial score (nSPS) is 10.3. The van der Waals surface area contributed by atoms with E-state index in [1.54, 1.807) is 28.4 Å². The van der Waals surface area contributed by atoms with Gasteiger partial charge in [-0.05, 0) is 183 Å². The number of anilines is 6. The Morgan fingerprint density at radius 1 is 0.310 bits per heavy atom. The average molecular weight is 761 g/mol. The molecule has 0 saturated heterocycles. The van der Waals surface area contributed by atoms with Crippen molar-refractivity contribution in [1.82, 2.24) is 0 Å². The third kappa shape index (κ3) is 8.95. The van der Waals surface area contributed by atoms with Crippen LogP contribution in [0.5, 0.6) is 23.0 Å². The summed E-state index contributed by atoms with van der Waals surface area (Å²) in [6.45, 7) is 4.17. The first-order chi connectivity index (χ1) is 28.3. The highest BCUT2D eigenvalue weighted by molar-refractivity contribution is 5.78. The van der Waals surface area contributed by atoms with E-state index in [1.807, 2.05) is 48.5 Å². The lowest BCUT2D eigenvalue weighted by molar-refractivity contribution is 0.414. The minimum atomic E-state index is 0.805. The summed E-state index contributed by atoms with van der Waals surface area (Å²) in [5.41, 5.74) is 12.0. The number of rotatable bonds is 10. The fraction of sp³-hybridized carbons (Fsp3) is 0.115. The van der Waals surface area contributed by atoms with Crippen LogP contribution in [0.3, 0.4) is 0 Å². The first-order valence-corrected chi connectivity index (χ1v) is 18.9. The second kappa shape index (κ2) is 17.9. The highest BCUT2D eigenvalue weighted by atomic mass is 16.5. The van der Waals surface area contributed by atoms with Crippen LogP contribution in [0.4, 0.5) is 34.1 Å². The van der Waals surface area contributed by atoms with Crippen molar-refractivity contribution >= 4 is 34.1 Å². The molecule has 0 fully saturated rings. The summed E-state index contributed by atoms with van der Waals surface area (Å²) in [4.78, 5) is 4.38. The molecule has 0 aliphatic rings. The van der Waals surface area contributed by atoms with Crippen LogP contribution >= 0.6 is 0 Å². The predicted octanol–water partition coefficient (Wildman–Crippen LogP) is 12.1. The molecule has 0 amide bonds. The Balaban J connectivity index is 1.09. The summed E-state index contributed by atoms with van der Waals surface area (Å²) >= 11 is 0. The predicted molar refractivity (Wildman–Crippen MR) is 236 cm³/mol. The van der Waals surface area contributed by atoms with E-state index in [-0.39, 0.29) is 0 Å². The number of methoxy groups -OCH3 is 4. The van der Waals surface area contributed by atoms with Crippen LogP contribution in [0.15, 0.2) is 158 Å². The van der Waals surface area contributed by atoms with Crippen LogP contribution in [-0.2, 0) is 0 Å².